The first-order valence-electron chi connectivity index (χ1n) is 6.99. The fourth-order valence-electron chi connectivity index (χ4n) is 1.98. The Hall–Kier alpha value is -2.50. The van der Waals surface area contributed by atoms with Gasteiger partial charge in [-0.3, -0.25) is 4.79 Å². The van der Waals surface area contributed by atoms with Crippen LogP contribution in [0.2, 0.25) is 0 Å². The summed E-state index contributed by atoms with van der Waals surface area (Å²) in [5.41, 5.74) is 0.961. The van der Waals surface area contributed by atoms with Crippen LogP contribution in [0.1, 0.15) is 29.3 Å². The van der Waals surface area contributed by atoms with Crippen molar-refractivity contribution < 1.29 is 27.4 Å². The molecule has 2 aromatic rings. The zero-order valence-electron chi connectivity index (χ0n) is 12.4. The smallest absolute Gasteiger partial charge is 0.488 e. The first-order chi connectivity index (χ1) is 10.9. The first kappa shape index (κ1) is 16.9. The standard InChI is InChI=1S/C17H15F3O3/c1-2-15(21)14-10-13(23-17(18,19)20)8-9-16(14)22-11-12-6-4-3-5-7-12/h3-10H,2,11H2,1H3. The molecule has 2 rings (SSSR count). The third-order valence-corrected chi connectivity index (χ3v) is 3.04. The minimum Gasteiger partial charge on any atom is -0.488 e. The Morgan fingerprint density at radius 1 is 1.09 bits per heavy atom. The van der Waals surface area contributed by atoms with Gasteiger partial charge in [-0.1, -0.05) is 37.3 Å². The van der Waals surface area contributed by atoms with Gasteiger partial charge < -0.3 is 9.47 Å². The number of ether oxygens (including phenoxy) is 2. The molecule has 23 heavy (non-hydrogen) atoms. The van der Waals surface area contributed by atoms with Gasteiger partial charge in [0.15, 0.2) is 5.78 Å². The van der Waals surface area contributed by atoms with Crippen molar-refractivity contribution in [3.05, 3.63) is 59.7 Å². The normalized spacial score (nSPS) is 11.1. The number of carbonyl (C=O) groups excluding carboxylic acids is 1. The molecule has 0 amide bonds. The van der Waals surface area contributed by atoms with Crippen LogP contribution in [0.15, 0.2) is 48.5 Å². The van der Waals surface area contributed by atoms with Crippen LogP contribution in [0.5, 0.6) is 11.5 Å². The topological polar surface area (TPSA) is 35.5 Å². The summed E-state index contributed by atoms with van der Waals surface area (Å²) in [6.07, 6.45) is -4.66. The molecule has 0 aliphatic rings. The maximum Gasteiger partial charge on any atom is 0.573 e. The van der Waals surface area contributed by atoms with Crippen LogP contribution >= 0.6 is 0 Å². The molecule has 0 aliphatic heterocycles. The lowest BCUT2D eigenvalue weighted by molar-refractivity contribution is -0.274. The predicted octanol–water partition coefficient (Wildman–Crippen LogP) is 4.76. The maximum absolute atomic E-state index is 12.3. The van der Waals surface area contributed by atoms with Gasteiger partial charge in [0, 0.05) is 6.42 Å². The van der Waals surface area contributed by atoms with Gasteiger partial charge in [0.2, 0.25) is 0 Å². The lowest BCUT2D eigenvalue weighted by Crippen LogP contribution is -2.17. The average Bonchev–Trinajstić information content (AvgIpc) is 2.52. The summed E-state index contributed by atoms with van der Waals surface area (Å²) >= 11 is 0. The van der Waals surface area contributed by atoms with Crippen molar-refractivity contribution in [2.75, 3.05) is 0 Å². The van der Waals surface area contributed by atoms with Gasteiger partial charge in [-0.2, -0.15) is 0 Å². The summed E-state index contributed by atoms with van der Waals surface area (Å²) in [6, 6.07) is 12.7. The number of rotatable bonds is 6. The van der Waals surface area contributed by atoms with Gasteiger partial charge in [0.05, 0.1) is 5.56 Å². The largest absolute Gasteiger partial charge is 0.573 e. The fraction of sp³-hybridized carbons (Fsp3) is 0.235. The Kier molecular flexibility index (Phi) is 5.26. The maximum atomic E-state index is 12.3. The van der Waals surface area contributed by atoms with E-state index in [4.69, 9.17) is 4.74 Å². The second-order valence-electron chi connectivity index (χ2n) is 4.76. The molecule has 0 aliphatic carbocycles. The molecule has 0 saturated carbocycles. The zero-order chi connectivity index (χ0) is 16.9. The average molecular weight is 324 g/mol. The van der Waals surface area contributed by atoms with Crippen LogP contribution in [0.4, 0.5) is 13.2 Å². The number of benzene rings is 2. The molecule has 3 nitrogen and oxygen atoms in total. The fourth-order valence-corrected chi connectivity index (χ4v) is 1.98. The lowest BCUT2D eigenvalue weighted by Gasteiger charge is -2.14. The van der Waals surface area contributed by atoms with Gasteiger partial charge >= 0.3 is 6.36 Å². The highest BCUT2D eigenvalue weighted by Crippen LogP contribution is 2.29. The molecule has 0 saturated heterocycles. The molecule has 2 aromatic carbocycles. The number of halogens is 3. The third-order valence-electron chi connectivity index (χ3n) is 3.04. The van der Waals surface area contributed by atoms with E-state index >= 15 is 0 Å². The second-order valence-corrected chi connectivity index (χ2v) is 4.76. The number of alkyl halides is 3. The molecule has 0 bridgehead atoms. The van der Waals surface area contributed by atoms with Crippen LogP contribution in [0.25, 0.3) is 0 Å². The zero-order valence-corrected chi connectivity index (χ0v) is 12.4. The number of carbonyl (C=O) groups is 1. The van der Waals surface area contributed by atoms with E-state index in [2.05, 4.69) is 4.74 Å². The molecule has 122 valence electrons. The summed E-state index contributed by atoms with van der Waals surface area (Å²) in [6.45, 7) is 1.84. The summed E-state index contributed by atoms with van der Waals surface area (Å²) in [4.78, 5) is 11.9. The molecule has 0 atom stereocenters. The van der Waals surface area contributed by atoms with Crippen LogP contribution in [0.3, 0.4) is 0 Å². The van der Waals surface area contributed by atoms with E-state index in [1.165, 1.54) is 6.07 Å². The lowest BCUT2D eigenvalue weighted by atomic mass is 10.1. The SMILES string of the molecule is CCC(=O)c1cc(OC(F)(F)F)ccc1OCc1ccccc1. The van der Waals surface area contributed by atoms with E-state index < -0.39 is 12.1 Å². The van der Waals surface area contributed by atoms with Crippen molar-refractivity contribution in [2.45, 2.75) is 26.3 Å². The van der Waals surface area contributed by atoms with E-state index in [9.17, 15) is 18.0 Å². The Balaban J connectivity index is 2.22. The summed E-state index contributed by atoms with van der Waals surface area (Å²) in [5, 5.41) is 0. The monoisotopic (exact) mass is 324 g/mol. The highest BCUT2D eigenvalue weighted by Gasteiger charge is 2.31. The van der Waals surface area contributed by atoms with Gasteiger partial charge in [0.25, 0.3) is 0 Å². The number of hydrogen-bond donors (Lipinski definition) is 0. The van der Waals surface area contributed by atoms with Gasteiger partial charge in [-0.05, 0) is 23.8 Å². The van der Waals surface area contributed by atoms with E-state index in [0.29, 0.717) is 0 Å². The molecule has 0 unspecified atom stereocenters. The van der Waals surface area contributed by atoms with E-state index in [0.717, 1.165) is 17.7 Å². The minimum atomic E-state index is -4.81. The molecule has 0 spiro atoms. The van der Waals surface area contributed by atoms with Crippen LogP contribution in [-0.4, -0.2) is 12.1 Å². The predicted molar refractivity (Wildman–Crippen MR) is 78.5 cm³/mol. The van der Waals surface area contributed by atoms with Crippen LogP contribution < -0.4 is 9.47 Å². The highest BCUT2D eigenvalue weighted by molar-refractivity contribution is 5.98. The van der Waals surface area contributed by atoms with Gasteiger partial charge in [-0.25, -0.2) is 0 Å². The van der Waals surface area contributed by atoms with Crippen LogP contribution in [0, 0.1) is 0 Å². The van der Waals surface area contributed by atoms with Crippen molar-refractivity contribution in [1.82, 2.24) is 0 Å². The number of ketones is 1. The van der Waals surface area contributed by atoms with Crippen molar-refractivity contribution in [3.63, 3.8) is 0 Å². The summed E-state index contributed by atoms with van der Waals surface area (Å²) in [5.74, 6) is -0.530. The molecule has 6 heteroatoms. The molecule has 0 fully saturated rings. The molecule has 0 radical (unpaired) electrons. The Morgan fingerprint density at radius 2 is 1.78 bits per heavy atom. The van der Waals surface area contributed by atoms with Gasteiger partial charge in [-0.15, -0.1) is 13.2 Å². The Morgan fingerprint density at radius 3 is 2.39 bits per heavy atom. The Bertz CT molecular complexity index is 667. The molecular formula is C17H15F3O3. The van der Waals surface area contributed by atoms with E-state index in [1.807, 2.05) is 30.3 Å². The quantitative estimate of drug-likeness (QED) is 0.719. The summed E-state index contributed by atoms with van der Waals surface area (Å²) in [7, 11) is 0. The van der Waals surface area contributed by atoms with Crippen molar-refractivity contribution >= 4 is 5.78 Å². The van der Waals surface area contributed by atoms with E-state index in [1.54, 1.807) is 6.92 Å². The number of Topliss-reactive ketones (excluding diaryl/α,β-unsaturated/α-hetero) is 1. The number of hydrogen-bond acceptors (Lipinski definition) is 3. The van der Waals surface area contributed by atoms with Crippen molar-refractivity contribution in [2.24, 2.45) is 0 Å². The molecular weight excluding hydrogens is 309 g/mol. The highest BCUT2D eigenvalue weighted by atomic mass is 19.4. The van der Waals surface area contributed by atoms with Crippen molar-refractivity contribution in [3.8, 4) is 11.5 Å². The van der Waals surface area contributed by atoms with Gasteiger partial charge in [0.1, 0.15) is 18.1 Å². The second kappa shape index (κ2) is 7.17. The van der Waals surface area contributed by atoms with Crippen LogP contribution in [-0.2, 0) is 6.61 Å². The molecule has 0 N–H and O–H groups in total. The van der Waals surface area contributed by atoms with E-state index in [-0.39, 0.29) is 30.1 Å². The Labute approximate surface area is 131 Å². The summed E-state index contributed by atoms with van der Waals surface area (Å²) < 4.78 is 46.3. The third kappa shape index (κ3) is 5.02. The minimum absolute atomic E-state index is 0.0742. The van der Waals surface area contributed by atoms with Crippen molar-refractivity contribution in [1.29, 1.82) is 0 Å². The molecule has 0 aromatic heterocycles. The molecule has 0 heterocycles. The first-order valence-corrected chi connectivity index (χ1v) is 6.99.